The van der Waals surface area contributed by atoms with Crippen LogP contribution in [0.5, 0.6) is 11.5 Å². The number of hydrogen-bond donors (Lipinski definition) is 0. The number of halogens is 3. The van der Waals surface area contributed by atoms with Crippen LogP contribution in [0.15, 0.2) is 28.7 Å². The quantitative estimate of drug-likeness (QED) is 0.601. The minimum atomic E-state index is -0.531. The van der Waals surface area contributed by atoms with Crippen molar-refractivity contribution in [2.45, 2.75) is 0 Å². The summed E-state index contributed by atoms with van der Waals surface area (Å²) in [6.07, 6.45) is 0. The van der Waals surface area contributed by atoms with Gasteiger partial charge in [-0.1, -0.05) is 29.3 Å². The molecule has 0 spiro atoms. The number of nitro groups is 1. The van der Waals surface area contributed by atoms with Crippen LogP contribution in [-0.2, 0) is 0 Å². The molecule has 98 valence electrons. The third-order valence-corrected chi connectivity index (χ3v) is 3.29. The highest BCUT2D eigenvalue weighted by Gasteiger charge is 2.17. The molecule has 0 bridgehead atoms. The maximum Gasteiger partial charge on any atom is 0.287 e. The number of nitrogens with zero attached hydrogens (tertiary/aromatic N) is 3. The normalized spacial score (nSPS) is 10.3. The Balaban J connectivity index is 2.41. The number of ether oxygens (including phenoxy) is 1. The fourth-order valence-electron chi connectivity index (χ4n) is 1.25. The van der Waals surface area contributed by atoms with Gasteiger partial charge in [0.05, 0.1) is 4.92 Å². The lowest BCUT2D eigenvalue weighted by atomic mass is 10.3. The maximum absolute atomic E-state index is 10.8. The van der Waals surface area contributed by atoms with E-state index < -0.39 is 4.92 Å². The Kier molecular flexibility index (Phi) is 4.18. The molecule has 0 atom stereocenters. The number of benzene rings is 1. The molecule has 19 heavy (non-hydrogen) atoms. The van der Waals surface area contributed by atoms with Gasteiger partial charge in [-0.05, 0) is 22.0 Å². The summed E-state index contributed by atoms with van der Waals surface area (Å²) in [6, 6.07) is 5.74. The molecule has 1 aromatic carbocycles. The fraction of sp³-hybridized carbons (Fsp3) is 0. The fourth-order valence-corrected chi connectivity index (χ4v) is 2.00. The monoisotopic (exact) mass is 363 g/mol. The zero-order valence-electron chi connectivity index (χ0n) is 9.01. The van der Waals surface area contributed by atoms with E-state index in [1.807, 2.05) is 0 Å². The molecule has 0 N–H and O–H groups in total. The van der Waals surface area contributed by atoms with Gasteiger partial charge in [0, 0.05) is 12.1 Å². The first-order valence-corrected chi connectivity index (χ1v) is 6.33. The van der Waals surface area contributed by atoms with Crippen molar-refractivity contribution in [3.63, 3.8) is 0 Å². The molecule has 0 radical (unpaired) electrons. The molecule has 0 fully saturated rings. The predicted molar refractivity (Wildman–Crippen MR) is 72.9 cm³/mol. The Labute approximate surface area is 125 Å². The van der Waals surface area contributed by atoms with Gasteiger partial charge < -0.3 is 4.74 Å². The maximum atomic E-state index is 10.8. The van der Waals surface area contributed by atoms with Crippen LogP contribution in [0.2, 0.25) is 10.3 Å². The third-order valence-electron chi connectivity index (χ3n) is 2.05. The van der Waals surface area contributed by atoms with Gasteiger partial charge in [0.1, 0.15) is 10.2 Å². The Bertz CT molecular complexity index is 654. The summed E-state index contributed by atoms with van der Waals surface area (Å²) in [5, 5.41) is 18.0. The molecule has 0 aliphatic carbocycles. The van der Waals surface area contributed by atoms with Gasteiger partial charge in [-0.3, -0.25) is 10.1 Å². The SMILES string of the molecule is O=[N+]([O-])c1cccc(Oc2cc(Cl)nnc2Cl)c1Br. The summed E-state index contributed by atoms with van der Waals surface area (Å²) in [6.45, 7) is 0. The number of aromatic nitrogens is 2. The lowest BCUT2D eigenvalue weighted by molar-refractivity contribution is -0.385. The second kappa shape index (κ2) is 5.68. The lowest BCUT2D eigenvalue weighted by Crippen LogP contribution is -1.94. The Morgan fingerprint density at radius 1 is 1.26 bits per heavy atom. The van der Waals surface area contributed by atoms with E-state index in [4.69, 9.17) is 27.9 Å². The number of hydrogen-bond acceptors (Lipinski definition) is 5. The molecular formula is C10H4BrCl2N3O3. The van der Waals surface area contributed by atoms with E-state index in [2.05, 4.69) is 26.1 Å². The molecule has 2 rings (SSSR count). The van der Waals surface area contributed by atoms with E-state index in [0.29, 0.717) is 0 Å². The smallest absolute Gasteiger partial charge is 0.287 e. The van der Waals surface area contributed by atoms with E-state index in [0.717, 1.165) is 0 Å². The van der Waals surface area contributed by atoms with Crippen molar-refractivity contribution in [1.82, 2.24) is 10.2 Å². The summed E-state index contributed by atoms with van der Waals surface area (Å²) < 4.78 is 5.64. The summed E-state index contributed by atoms with van der Waals surface area (Å²) in [5.74, 6) is 0.378. The molecule has 1 aromatic heterocycles. The lowest BCUT2D eigenvalue weighted by Gasteiger charge is -2.08. The molecule has 0 aliphatic rings. The van der Waals surface area contributed by atoms with E-state index >= 15 is 0 Å². The average molecular weight is 365 g/mol. The van der Waals surface area contributed by atoms with Crippen LogP contribution in [0.1, 0.15) is 0 Å². The van der Waals surface area contributed by atoms with E-state index in [-0.39, 0.29) is 32.0 Å². The summed E-state index contributed by atoms with van der Waals surface area (Å²) in [4.78, 5) is 10.3. The highest BCUT2D eigenvalue weighted by molar-refractivity contribution is 9.10. The summed E-state index contributed by atoms with van der Waals surface area (Å²) >= 11 is 14.6. The van der Waals surface area contributed by atoms with Crippen molar-refractivity contribution in [1.29, 1.82) is 0 Å². The Hall–Kier alpha value is -1.44. The molecule has 0 unspecified atom stereocenters. The molecule has 0 amide bonds. The van der Waals surface area contributed by atoms with Gasteiger partial charge in [0.2, 0.25) is 0 Å². The van der Waals surface area contributed by atoms with Crippen LogP contribution in [0, 0.1) is 10.1 Å². The molecule has 0 aliphatic heterocycles. The molecule has 2 aromatic rings. The van der Waals surface area contributed by atoms with Crippen molar-refractivity contribution < 1.29 is 9.66 Å². The van der Waals surface area contributed by atoms with Gasteiger partial charge in [-0.25, -0.2) is 0 Å². The van der Waals surface area contributed by atoms with Crippen molar-refractivity contribution in [3.05, 3.63) is 49.2 Å². The average Bonchev–Trinajstić information content (AvgIpc) is 2.36. The topological polar surface area (TPSA) is 78.2 Å². The minimum Gasteiger partial charge on any atom is -0.452 e. The van der Waals surface area contributed by atoms with Crippen molar-refractivity contribution in [2.75, 3.05) is 0 Å². The van der Waals surface area contributed by atoms with Crippen molar-refractivity contribution >= 4 is 44.8 Å². The third kappa shape index (κ3) is 3.12. The van der Waals surface area contributed by atoms with Crippen LogP contribution in [-0.4, -0.2) is 15.1 Å². The molecule has 0 saturated carbocycles. The summed E-state index contributed by atoms with van der Waals surface area (Å²) in [7, 11) is 0. The molecule has 6 nitrogen and oxygen atoms in total. The van der Waals surface area contributed by atoms with Crippen molar-refractivity contribution in [2.24, 2.45) is 0 Å². The molecule has 0 saturated heterocycles. The summed E-state index contributed by atoms with van der Waals surface area (Å²) in [5.41, 5.74) is -0.123. The predicted octanol–water partition coefficient (Wildman–Crippen LogP) is 4.25. The highest BCUT2D eigenvalue weighted by atomic mass is 79.9. The molecular weight excluding hydrogens is 361 g/mol. The molecule has 9 heteroatoms. The van der Waals surface area contributed by atoms with Crippen LogP contribution >= 0.6 is 39.1 Å². The highest BCUT2D eigenvalue weighted by Crippen LogP contribution is 2.38. The first kappa shape index (κ1) is 14.0. The second-order valence-electron chi connectivity index (χ2n) is 3.27. The van der Waals surface area contributed by atoms with Gasteiger partial charge in [0.25, 0.3) is 5.69 Å². The standard InChI is InChI=1S/C10H4BrCl2N3O3/c11-9-5(16(17)18)2-1-3-6(9)19-7-4-8(12)14-15-10(7)13/h1-4H. The van der Waals surface area contributed by atoms with Gasteiger partial charge in [0.15, 0.2) is 16.1 Å². The van der Waals surface area contributed by atoms with E-state index in [1.54, 1.807) is 6.07 Å². The van der Waals surface area contributed by atoms with Gasteiger partial charge >= 0.3 is 0 Å². The first-order chi connectivity index (χ1) is 8.99. The molecule has 1 heterocycles. The zero-order valence-corrected chi connectivity index (χ0v) is 12.1. The van der Waals surface area contributed by atoms with E-state index in [9.17, 15) is 10.1 Å². The Morgan fingerprint density at radius 3 is 2.68 bits per heavy atom. The van der Waals surface area contributed by atoms with Gasteiger partial charge in [-0.2, -0.15) is 0 Å². The van der Waals surface area contributed by atoms with E-state index in [1.165, 1.54) is 18.2 Å². The Morgan fingerprint density at radius 2 is 2.00 bits per heavy atom. The van der Waals surface area contributed by atoms with Crippen LogP contribution < -0.4 is 4.74 Å². The first-order valence-electron chi connectivity index (χ1n) is 4.78. The van der Waals surface area contributed by atoms with Gasteiger partial charge in [-0.15, -0.1) is 10.2 Å². The second-order valence-corrected chi connectivity index (χ2v) is 4.81. The largest absolute Gasteiger partial charge is 0.452 e. The minimum absolute atomic E-state index is 0.00260. The number of rotatable bonds is 3. The van der Waals surface area contributed by atoms with Crippen LogP contribution in [0.25, 0.3) is 0 Å². The van der Waals surface area contributed by atoms with Crippen LogP contribution in [0.3, 0.4) is 0 Å². The number of nitro benzene ring substituents is 1. The van der Waals surface area contributed by atoms with Crippen molar-refractivity contribution in [3.8, 4) is 11.5 Å². The zero-order chi connectivity index (χ0) is 14.0. The van der Waals surface area contributed by atoms with Crippen LogP contribution in [0.4, 0.5) is 5.69 Å².